The minimum absolute atomic E-state index is 0.0101. The maximum absolute atomic E-state index is 13.9. The molecule has 188 valence electrons. The molecule has 0 saturated carbocycles. The molecule has 0 saturated heterocycles. The quantitative estimate of drug-likeness (QED) is 0.378. The molecule has 1 heterocycles. The van der Waals surface area contributed by atoms with Crippen molar-refractivity contribution in [1.29, 1.82) is 5.41 Å². The van der Waals surface area contributed by atoms with E-state index >= 15 is 0 Å². The van der Waals surface area contributed by atoms with Crippen LogP contribution in [-0.2, 0) is 4.79 Å². The number of para-hydroxylation sites is 1. The number of hydrogen-bond acceptors (Lipinski definition) is 4. The number of nitrogens with one attached hydrogen (secondary N) is 1. The SMILES string of the molecule is COc1ccc([C@H]2C3=C(CC(C)(C)CC3=O)N(c3ccccc3)C(=N)/C2=C(/O)c2ccc(C)cc2)cc1. The second-order valence-corrected chi connectivity index (χ2v) is 10.7. The molecule has 37 heavy (non-hydrogen) atoms. The molecule has 0 amide bonds. The van der Waals surface area contributed by atoms with Crippen molar-refractivity contribution < 1.29 is 14.6 Å². The highest BCUT2D eigenvalue weighted by Crippen LogP contribution is 2.51. The monoisotopic (exact) mass is 492 g/mol. The summed E-state index contributed by atoms with van der Waals surface area (Å²) in [5.41, 5.74) is 4.99. The van der Waals surface area contributed by atoms with Crippen molar-refractivity contribution in [3.05, 3.63) is 112 Å². The molecular weight excluding hydrogens is 460 g/mol. The summed E-state index contributed by atoms with van der Waals surface area (Å²) in [5, 5.41) is 21.2. The van der Waals surface area contributed by atoms with Gasteiger partial charge in [-0.1, -0.05) is 74.0 Å². The van der Waals surface area contributed by atoms with Crippen LogP contribution in [0.4, 0.5) is 5.69 Å². The first-order valence-corrected chi connectivity index (χ1v) is 12.5. The van der Waals surface area contributed by atoms with Crippen LogP contribution in [0.2, 0.25) is 0 Å². The fourth-order valence-electron chi connectivity index (χ4n) is 5.47. The van der Waals surface area contributed by atoms with Gasteiger partial charge in [0.1, 0.15) is 17.3 Å². The van der Waals surface area contributed by atoms with Crippen molar-refractivity contribution in [2.45, 2.75) is 39.5 Å². The zero-order valence-electron chi connectivity index (χ0n) is 21.7. The predicted octanol–water partition coefficient (Wildman–Crippen LogP) is 7.20. The molecule has 2 aliphatic rings. The molecule has 5 nitrogen and oxygen atoms in total. The van der Waals surface area contributed by atoms with Gasteiger partial charge in [0.05, 0.1) is 7.11 Å². The van der Waals surface area contributed by atoms with E-state index < -0.39 is 5.92 Å². The van der Waals surface area contributed by atoms with E-state index in [1.807, 2.05) is 90.7 Å². The van der Waals surface area contributed by atoms with Crippen LogP contribution >= 0.6 is 0 Å². The van der Waals surface area contributed by atoms with Gasteiger partial charge in [-0.3, -0.25) is 15.1 Å². The molecule has 1 atom stereocenters. The maximum Gasteiger partial charge on any atom is 0.162 e. The Labute approximate surface area is 218 Å². The number of aryl methyl sites for hydroxylation is 1. The van der Waals surface area contributed by atoms with E-state index in [0.717, 1.165) is 22.5 Å². The predicted molar refractivity (Wildman–Crippen MR) is 148 cm³/mol. The minimum atomic E-state index is -0.571. The first-order valence-electron chi connectivity index (χ1n) is 12.5. The van der Waals surface area contributed by atoms with Crippen LogP contribution < -0.4 is 9.64 Å². The summed E-state index contributed by atoms with van der Waals surface area (Å²) in [6, 6.07) is 24.9. The largest absolute Gasteiger partial charge is 0.507 e. The van der Waals surface area contributed by atoms with Crippen molar-refractivity contribution >= 4 is 23.1 Å². The van der Waals surface area contributed by atoms with Crippen molar-refractivity contribution in [3.8, 4) is 5.75 Å². The summed E-state index contributed by atoms with van der Waals surface area (Å²) in [6.07, 6.45) is 1.06. The molecule has 0 bridgehead atoms. The van der Waals surface area contributed by atoms with Crippen molar-refractivity contribution in [1.82, 2.24) is 0 Å². The Morgan fingerprint density at radius 2 is 1.62 bits per heavy atom. The Hall–Kier alpha value is -4.12. The van der Waals surface area contributed by atoms with E-state index in [4.69, 9.17) is 4.74 Å². The second-order valence-electron chi connectivity index (χ2n) is 10.7. The minimum Gasteiger partial charge on any atom is -0.507 e. The Balaban J connectivity index is 1.83. The van der Waals surface area contributed by atoms with Crippen LogP contribution in [0, 0.1) is 17.7 Å². The molecule has 3 aromatic rings. The highest BCUT2D eigenvalue weighted by molar-refractivity contribution is 6.19. The van der Waals surface area contributed by atoms with Gasteiger partial charge >= 0.3 is 0 Å². The van der Waals surface area contributed by atoms with E-state index in [-0.39, 0.29) is 22.8 Å². The average molecular weight is 493 g/mol. The summed E-state index contributed by atoms with van der Waals surface area (Å²) in [6.45, 7) is 6.19. The molecule has 0 fully saturated rings. The smallest absolute Gasteiger partial charge is 0.162 e. The highest BCUT2D eigenvalue weighted by Gasteiger charge is 2.46. The number of benzene rings is 3. The Morgan fingerprint density at radius 3 is 2.24 bits per heavy atom. The van der Waals surface area contributed by atoms with Crippen molar-refractivity contribution in [2.75, 3.05) is 12.0 Å². The van der Waals surface area contributed by atoms with Crippen LogP contribution in [0.25, 0.3) is 5.76 Å². The summed E-state index contributed by atoms with van der Waals surface area (Å²) >= 11 is 0. The molecule has 1 aliphatic heterocycles. The van der Waals surface area contributed by atoms with Gasteiger partial charge < -0.3 is 9.84 Å². The lowest BCUT2D eigenvalue weighted by Gasteiger charge is -2.45. The number of Topliss-reactive ketones (excluding diaryl/α,β-unsaturated/α-hetero) is 1. The normalized spacial score (nSPS) is 20.5. The van der Waals surface area contributed by atoms with Crippen LogP contribution in [0.5, 0.6) is 5.75 Å². The zero-order chi connectivity index (χ0) is 26.3. The van der Waals surface area contributed by atoms with Gasteiger partial charge in [-0.05, 0) is 48.6 Å². The van der Waals surface area contributed by atoms with Crippen LogP contribution in [0.3, 0.4) is 0 Å². The molecule has 0 spiro atoms. The average Bonchev–Trinajstić information content (AvgIpc) is 2.88. The molecule has 5 rings (SSSR count). The standard InChI is InChI=1S/C32H32N2O3/c1-20-10-12-22(13-11-20)30(36)29-27(21-14-16-24(37-4)17-15-21)28-25(18-32(2,3)19-26(28)35)34(31(29)33)23-8-6-5-7-9-23/h5-17,27,33,36H,18-19H2,1-4H3/b30-29+,33-31?/t27-/m0/s1. The van der Waals surface area contributed by atoms with Crippen LogP contribution in [0.1, 0.15) is 49.3 Å². The fraction of sp³-hybridized carbons (Fsp3) is 0.250. The van der Waals surface area contributed by atoms with Gasteiger partial charge in [0.2, 0.25) is 0 Å². The van der Waals surface area contributed by atoms with E-state index in [2.05, 4.69) is 13.8 Å². The molecule has 5 heteroatoms. The Morgan fingerprint density at radius 1 is 0.973 bits per heavy atom. The number of aliphatic hydroxyl groups is 1. The molecule has 0 aromatic heterocycles. The van der Waals surface area contributed by atoms with Gasteiger partial charge in [0.25, 0.3) is 0 Å². The maximum atomic E-state index is 13.9. The number of nitrogens with zero attached hydrogens (tertiary/aromatic N) is 1. The van der Waals surface area contributed by atoms with Crippen molar-refractivity contribution in [2.24, 2.45) is 5.41 Å². The summed E-state index contributed by atoms with van der Waals surface area (Å²) < 4.78 is 5.37. The molecule has 0 unspecified atom stereocenters. The van der Waals surface area contributed by atoms with E-state index in [1.165, 1.54) is 0 Å². The van der Waals surface area contributed by atoms with Crippen LogP contribution in [0.15, 0.2) is 95.7 Å². The lowest BCUT2D eigenvalue weighted by molar-refractivity contribution is -0.118. The van der Waals surface area contributed by atoms with Gasteiger partial charge in [-0.15, -0.1) is 0 Å². The number of hydrogen-bond donors (Lipinski definition) is 2. The van der Waals surface area contributed by atoms with Gasteiger partial charge in [-0.25, -0.2) is 0 Å². The highest BCUT2D eigenvalue weighted by atomic mass is 16.5. The number of amidine groups is 1. The van der Waals surface area contributed by atoms with Gasteiger partial charge in [-0.2, -0.15) is 0 Å². The topological polar surface area (TPSA) is 73.6 Å². The number of carbonyl (C=O) groups is 1. The third-order valence-electron chi connectivity index (χ3n) is 7.27. The van der Waals surface area contributed by atoms with Crippen LogP contribution in [-0.4, -0.2) is 23.8 Å². The number of allylic oxidation sites excluding steroid dienone is 2. The van der Waals surface area contributed by atoms with Crippen molar-refractivity contribution in [3.63, 3.8) is 0 Å². The number of carbonyl (C=O) groups excluding carboxylic acids is 1. The number of aliphatic hydroxyl groups excluding tert-OH is 1. The first-order chi connectivity index (χ1) is 17.7. The lowest BCUT2D eigenvalue weighted by Crippen LogP contribution is -2.45. The Kier molecular flexibility index (Phi) is 6.24. The van der Waals surface area contributed by atoms with Gasteiger partial charge in [0, 0.05) is 40.4 Å². The van der Waals surface area contributed by atoms with E-state index in [9.17, 15) is 15.3 Å². The second kappa shape index (κ2) is 9.40. The summed E-state index contributed by atoms with van der Waals surface area (Å²) in [5.74, 6) is 0.373. The molecule has 1 aliphatic carbocycles. The number of ketones is 1. The number of methoxy groups -OCH3 is 1. The summed E-state index contributed by atoms with van der Waals surface area (Å²) in [4.78, 5) is 15.8. The fourth-order valence-corrected chi connectivity index (χ4v) is 5.47. The molecule has 2 N–H and O–H groups in total. The van der Waals surface area contributed by atoms with E-state index in [1.54, 1.807) is 7.11 Å². The molecule has 0 radical (unpaired) electrons. The van der Waals surface area contributed by atoms with Gasteiger partial charge in [0.15, 0.2) is 5.78 Å². The zero-order valence-corrected chi connectivity index (χ0v) is 21.7. The lowest BCUT2D eigenvalue weighted by atomic mass is 9.67. The summed E-state index contributed by atoms with van der Waals surface area (Å²) in [7, 11) is 1.62. The number of ether oxygens (including phenoxy) is 1. The molecule has 3 aromatic carbocycles. The molecular formula is C32H32N2O3. The van der Waals surface area contributed by atoms with E-state index in [0.29, 0.717) is 35.3 Å². The first kappa shape index (κ1) is 24.6. The number of rotatable bonds is 4. The third kappa shape index (κ3) is 4.46. The number of anilines is 1. The Bertz CT molecular complexity index is 1420. The third-order valence-corrected chi connectivity index (χ3v) is 7.27.